The van der Waals surface area contributed by atoms with Crippen molar-refractivity contribution in [2.45, 2.75) is 0 Å². The van der Waals surface area contributed by atoms with Crippen LogP contribution >= 0.6 is 39.1 Å². The van der Waals surface area contributed by atoms with Gasteiger partial charge in [0.15, 0.2) is 5.82 Å². The van der Waals surface area contributed by atoms with Crippen molar-refractivity contribution < 1.29 is 4.39 Å². The van der Waals surface area contributed by atoms with E-state index in [0.29, 0.717) is 20.7 Å². The highest BCUT2D eigenvalue weighted by Gasteiger charge is 2.13. The van der Waals surface area contributed by atoms with Crippen molar-refractivity contribution in [2.24, 2.45) is 0 Å². The molecule has 0 saturated carbocycles. The number of hydrogen-bond donors (Lipinski definition) is 0. The minimum Gasteiger partial charge on any atom is -0.225 e. The molecule has 0 N–H and O–H groups in total. The number of fused-ring (bicyclic) bond motifs is 1. The number of rotatable bonds is 1. The summed E-state index contributed by atoms with van der Waals surface area (Å²) in [5.41, 5.74) is 0.905. The quantitative estimate of drug-likeness (QED) is 0.527. The highest BCUT2D eigenvalue weighted by atomic mass is 79.9. The molecule has 1 aromatic heterocycles. The topological polar surface area (TPSA) is 25.8 Å². The Bertz CT molecular complexity index is 806. The first-order valence-corrected chi connectivity index (χ1v) is 7.18. The van der Waals surface area contributed by atoms with E-state index < -0.39 is 5.82 Å². The average Bonchev–Trinajstić information content (AvgIpc) is 2.43. The third kappa shape index (κ3) is 2.39. The molecule has 0 fully saturated rings. The maximum atomic E-state index is 13.9. The average molecular weight is 372 g/mol. The van der Waals surface area contributed by atoms with Gasteiger partial charge in [-0.25, -0.2) is 14.4 Å². The van der Waals surface area contributed by atoms with E-state index in [2.05, 4.69) is 25.9 Å². The van der Waals surface area contributed by atoms with Gasteiger partial charge < -0.3 is 0 Å². The van der Waals surface area contributed by atoms with E-state index in [1.807, 2.05) is 0 Å². The predicted molar refractivity (Wildman–Crippen MR) is 82.7 cm³/mol. The maximum absolute atomic E-state index is 13.9. The summed E-state index contributed by atoms with van der Waals surface area (Å²) >= 11 is 15.3. The van der Waals surface area contributed by atoms with E-state index in [0.717, 1.165) is 5.56 Å². The number of nitrogens with zero attached hydrogens (tertiary/aromatic N) is 2. The fourth-order valence-electron chi connectivity index (χ4n) is 1.85. The van der Waals surface area contributed by atoms with Crippen molar-refractivity contribution in [3.8, 4) is 11.4 Å². The zero-order valence-corrected chi connectivity index (χ0v) is 13.0. The van der Waals surface area contributed by atoms with Gasteiger partial charge in [0.05, 0.1) is 5.39 Å². The Morgan fingerprint density at radius 2 is 1.65 bits per heavy atom. The van der Waals surface area contributed by atoms with Crippen molar-refractivity contribution in [1.29, 1.82) is 0 Å². The second kappa shape index (κ2) is 5.28. The predicted octanol–water partition coefficient (Wildman–Crippen LogP) is 5.51. The first kappa shape index (κ1) is 13.7. The lowest BCUT2D eigenvalue weighted by atomic mass is 10.2. The van der Waals surface area contributed by atoms with Crippen LogP contribution in [0.4, 0.5) is 4.39 Å². The van der Waals surface area contributed by atoms with Gasteiger partial charge in [-0.05, 0) is 52.3 Å². The largest absolute Gasteiger partial charge is 0.225 e. The van der Waals surface area contributed by atoms with E-state index >= 15 is 0 Å². The Labute approximate surface area is 132 Å². The minimum absolute atomic E-state index is 0.185. The first-order valence-electron chi connectivity index (χ1n) is 5.63. The Morgan fingerprint density at radius 3 is 2.35 bits per heavy atom. The van der Waals surface area contributed by atoms with Gasteiger partial charge in [0.1, 0.15) is 16.5 Å². The summed E-state index contributed by atoms with van der Waals surface area (Å²) in [5, 5.41) is 1.27. The van der Waals surface area contributed by atoms with E-state index in [1.165, 1.54) is 6.07 Å². The molecule has 0 amide bonds. The molecule has 0 aliphatic rings. The van der Waals surface area contributed by atoms with Crippen LogP contribution in [-0.2, 0) is 0 Å². The first-order chi connectivity index (χ1) is 9.56. The smallest absolute Gasteiger partial charge is 0.161 e. The van der Waals surface area contributed by atoms with E-state index in [9.17, 15) is 4.39 Å². The molecule has 0 radical (unpaired) electrons. The van der Waals surface area contributed by atoms with Crippen LogP contribution in [0.15, 0.2) is 40.9 Å². The summed E-state index contributed by atoms with van der Waals surface area (Å²) < 4.78 is 14.6. The molecule has 6 heteroatoms. The van der Waals surface area contributed by atoms with Crippen LogP contribution < -0.4 is 0 Å². The molecule has 3 aromatic rings. The normalized spacial score (nSPS) is 11.0. The fourth-order valence-corrected chi connectivity index (χ4v) is 2.87. The lowest BCUT2D eigenvalue weighted by Crippen LogP contribution is -1.94. The molecule has 0 unspecified atom stereocenters. The van der Waals surface area contributed by atoms with Gasteiger partial charge in [-0.3, -0.25) is 0 Å². The van der Waals surface area contributed by atoms with Gasteiger partial charge >= 0.3 is 0 Å². The van der Waals surface area contributed by atoms with Crippen molar-refractivity contribution in [3.63, 3.8) is 0 Å². The maximum Gasteiger partial charge on any atom is 0.161 e. The molecule has 20 heavy (non-hydrogen) atoms. The number of benzene rings is 2. The number of halogens is 4. The zero-order valence-electron chi connectivity index (χ0n) is 9.87. The van der Waals surface area contributed by atoms with Gasteiger partial charge in [0.2, 0.25) is 0 Å². The van der Waals surface area contributed by atoms with Gasteiger partial charge in [-0.2, -0.15) is 0 Å². The van der Waals surface area contributed by atoms with Crippen molar-refractivity contribution in [1.82, 2.24) is 9.97 Å². The molecule has 0 atom stereocenters. The van der Waals surface area contributed by atoms with Crippen LogP contribution in [0.2, 0.25) is 10.2 Å². The van der Waals surface area contributed by atoms with Crippen LogP contribution in [0.5, 0.6) is 0 Å². The van der Waals surface area contributed by atoms with E-state index in [-0.39, 0.29) is 10.7 Å². The molecular weight excluding hydrogens is 366 g/mol. The second-order valence-corrected chi connectivity index (χ2v) is 5.75. The van der Waals surface area contributed by atoms with Crippen molar-refractivity contribution in [2.75, 3.05) is 0 Å². The van der Waals surface area contributed by atoms with Crippen LogP contribution in [0.25, 0.3) is 22.3 Å². The fraction of sp³-hybridized carbons (Fsp3) is 0. The monoisotopic (exact) mass is 370 g/mol. The second-order valence-electron chi connectivity index (χ2n) is 4.10. The Hall–Kier alpha value is -1.23. The third-order valence-corrected chi connectivity index (χ3v) is 3.99. The van der Waals surface area contributed by atoms with Crippen LogP contribution in [0, 0.1) is 5.82 Å². The molecule has 0 aliphatic carbocycles. The summed E-state index contributed by atoms with van der Waals surface area (Å²) in [6, 6.07) is 9.87. The summed E-state index contributed by atoms with van der Waals surface area (Å²) in [5.74, 6) is -0.0844. The van der Waals surface area contributed by atoms with E-state index in [4.69, 9.17) is 23.2 Å². The van der Waals surface area contributed by atoms with Crippen LogP contribution in [0.1, 0.15) is 0 Å². The Morgan fingerprint density at radius 1 is 0.950 bits per heavy atom. The molecule has 0 spiro atoms. The summed E-state index contributed by atoms with van der Waals surface area (Å²) in [7, 11) is 0. The highest BCUT2D eigenvalue weighted by Crippen LogP contribution is 2.32. The molecule has 100 valence electrons. The van der Waals surface area contributed by atoms with Crippen molar-refractivity contribution in [3.05, 3.63) is 56.9 Å². The lowest BCUT2D eigenvalue weighted by Gasteiger charge is -2.07. The molecule has 0 saturated heterocycles. The van der Waals surface area contributed by atoms with Crippen molar-refractivity contribution >= 4 is 50.0 Å². The molecule has 1 heterocycles. The van der Waals surface area contributed by atoms with Gasteiger partial charge in [-0.1, -0.05) is 23.2 Å². The zero-order chi connectivity index (χ0) is 14.3. The molecule has 2 aromatic carbocycles. The number of hydrogen-bond acceptors (Lipinski definition) is 2. The van der Waals surface area contributed by atoms with Gasteiger partial charge in [-0.15, -0.1) is 0 Å². The Kier molecular flexibility index (Phi) is 3.63. The summed E-state index contributed by atoms with van der Waals surface area (Å²) in [6.07, 6.45) is 0. The summed E-state index contributed by atoms with van der Waals surface area (Å²) in [4.78, 5) is 8.47. The highest BCUT2D eigenvalue weighted by molar-refractivity contribution is 9.10. The van der Waals surface area contributed by atoms with Gasteiger partial charge in [0.25, 0.3) is 0 Å². The standard InChI is InChI=1S/C14H6BrCl2FN2/c15-9-5-6-10(18)12-11(9)13(17)20-14(19-12)7-1-3-8(16)4-2-7/h1-6H. The molecule has 3 rings (SSSR count). The van der Waals surface area contributed by atoms with Crippen LogP contribution in [0.3, 0.4) is 0 Å². The number of aromatic nitrogens is 2. The SMILES string of the molecule is Fc1ccc(Br)c2c(Cl)nc(-c3ccc(Cl)cc3)nc12. The summed E-state index contributed by atoms with van der Waals surface area (Å²) in [6.45, 7) is 0. The third-order valence-electron chi connectivity index (χ3n) is 2.81. The molecule has 0 bridgehead atoms. The molecule has 2 nitrogen and oxygen atoms in total. The van der Waals surface area contributed by atoms with Gasteiger partial charge in [0, 0.05) is 15.1 Å². The molecular formula is C14H6BrCl2FN2. The minimum atomic E-state index is -0.442. The lowest BCUT2D eigenvalue weighted by molar-refractivity contribution is 0.636. The van der Waals surface area contributed by atoms with Crippen LogP contribution in [-0.4, -0.2) is 9.97 Å². The Balaban J connectivity index is 2.29. The molecule has 0 aliphatic heterocycles. The van der Waals surface area contributed by atoms with E-state index in [1.54, 1.807) is 30.3 Å².